The summed E-state index contributed by atoms with van der Waals surface area (Å²) >= 11 is 0. The lowest BCUT2D eigenvalue weighted by atomic mass is 10.1. The van der Waals surface area contributed by atoms with Crippen LogP contribution in [-0.4, -0.2) is 53.2 Å². The molecule has 0 aliphatic carbocycles. The predicted molar refractivity (Wildman–Crippen MR) is 102 cm³/mol. The summed E-state index contributed by atoms with van der Waals surface area (Å²) in [5, 5.41) is 13.6. The zero-order valence-corrected chi connectivity index (χ0v) is 16.5. The molecule has 1 aliphatic heterocycles. The standard InChI is InChI=1S/C16H29N5O.2ClH/c1-4-21(5-2)10-6-7-12(3)18-16(22)15-13-11-17-9-8-14(13)19-20-15;;/h12,17H,4-11H2,1-3H3,(H,18,22)(H,19,20);2*1H. The highest BCUT2D eigenvalue weighted by Crippen LogP contribution is 2.15. The van der Waals surface area contributed by atoms with Gasteiger partial charge in [-0.1, -0.05) is 13.8 Å². The Labute approximate surface area is 157 Å². The van der Waals surface area contributed by atoms with Crippen molar-refractivity contribution >= 4 is 30.7 Å². The van der Waals surface area contributed by atoms with Crippen LogP contribution >= 0.6 is 24.8 Å². The summed E-state index contributed by atoms with van der Waals surface area (Å²) < 4.78 is 0. The van der Waals surface area contributed by atoms with Gasteiger partial charge in [0.1, 0.15) is 0 Å². The first kappa shape index (κ1) is 23.2. The van der Waals surface area contributed by atoms with Crippen molar-refractivity contribution in [1.82, 2.24) is 25.7 Å². The summed E-state index contributed by atoms with van der Waals surface area (Å²) in [6, 6.07) is 0.173. The molecule has 0 saturated heterocycles. The van der Waals surface area contributed by atoms with E-state index in [4.69, 9.17) is 0 Å². The first-order chi connectivity index (χ1) is 10.7. The minimum Gasteiger partial charge on any atom is -0.348 e. The second kappa shape index (κ2) is 11.7. The van der Waals surface area contributed by atoms with Crippen molar-refractivity contribution in [1.29, 1.82) is 0 Å². The third-order valence-electron chi connectivity index (χ3n) is 4.40. The van der Waals surface area contributed by atoms with E-state index >= 15 is 0 Å². The van der Waals surface area contributed by atoms with E-state index in [9.17, 15) is 4.79 Å². The van der Waals surface area contributed by atoms with Crippen LogP contribution in [0.25, 0.3) is 0 Å². The SMILES string of the molecule is CCN(CC)CCCC(C)NC(=O)c1n[nH]c2c1CNCC2.Cl.Cl. The van der Waals surface area contributed by atoms with Crippen LogP contribution in [0.1, 0.15) is 55.4 Å². The number of carbonyl (C=O) groups excluding carboxylic acids is 1. The van der Waals surface area contributed by atoms with Crippen LogP contribution in [0.4, 0.5) is 0 Å². The normalized spacial score (nSPS) is 14.3. The van der Waals surface area contributed by atoms with E-state index in [0.29, 0.717) is 5.69 Å². The molecule has 1 atom stereocenters. The fourth-order valence-electron chi connectivity index (χ4n) is 2.94. The van der Waals surface area contributed by atoms with Crippen LogP contribution in [0.3, 0.4) is 0 Å². The van der Waals surface area contributed by atoms with Crippen molar-refractivity contribution in [2.24, 2.45) is 0 Å². The number of carbonyl (C=O) groups is 1. The lowest BCUT2D eigenvalue weighted by molar-refractivity contribution is 0.0931. The van der Waals surface area contributed by atoms with Crippen molar-refractivity contribution in [3.8, 4) is 0 Å². The summed E-state index contributed by atoms with van der Waals surface area (Å²) in [4.78, 5) is 14.8. The number of halogens is 2. The number of fused-ring (bicyclic) bond motifs is 1. The maximum absolute atomic E-state index is 12.4. The monoisotopic (exact) mass is 379 g/mol. The average molecular weight is 380 g/mol. The Morgan fingerprint density at radius 3 is 2.71 bits per heavy atom. The van der Waals surface area contributed by atoms with Gasteiger partial charge in [0.25, 0.3) is 5.91 Å². The maximum atomic E-state index is 12.4. The summed E-state index contributed by atoms with van der Waals surface area (Å²) in [5.41, 5.74) is 2.68. The second-order valence-electron chi connectivity index (χ2n) is 6.00. The van der Waals surface area contributed by atoms with Gasteiger partial charge in [0.15, 0.2) is 5.69 Å². The molecule has 2 rings (SSSR count). The molecule has 0 spiro atoms. The summed E-state index contributed by atoms with van der Waals surface area (Å²) in [6.45, 7) is 11.4. The molecule has 24 heavy (non-hydrogen) atoms. The highest BCUT2D eigenvalue weighted by Gasteiger charge is 2.22. The Morgan fingerprint density at radius 1 is 1.33 bits per heavy atom. The number of hydrogen-bond donors (Lipinski definition) is 3. The Hall–Kier alpha value is -0.820. The fourth-order valence-corrected chi connectivity index (χ4v) is 2.94. The lowest BCUT2D eigenvalue weighted by Gasteiger charge is -2.20. The number of amides is 1. The van der Waals surface area contributed by atoms with Crippen LogP contribution in [-0.2, 0) is 13.0 Å². The second-order valence-corrected chi connectivity index (χ2v) is 6.00. The number of H-pyrrole nitrogens is 1. The van der Waals surface area contributed by atoms with Crippen molar-refractivity contribution < 1.29 is 4.79 Å². The van der Waals surface area contributed by atoms with Crippen molar-refractivity contribution in [3.05, 3.63) is 17.0 Å². The number of hydrogen-bond acceptors (Lipinski definition) is 4. The van der Waals surface area contributed by atoms with Crippen LogP contribution in [0.15, 0.2) is 0 Å². The van der Waals surface area contributed by atoms with Gasteiger partial charge in [-0.2, -0.15) is 5.10 Å². The molecule has 2 heterocycles. The molecule has 6 nitrogen and oxygen atoms in total. The number of nitrogens with zero attached hydrogens (tertiary/aromatic N) is 2. The zero-order chi connectivity index (χ0) is 15.9. The van der Waals surface area contributed by atoms with Gasteiger partial charge in [-0.05, 0) is 39.4 Å². The van der Waals surface area contributed by atoms with Gasteiger partial charge in [-0.15, -0.1) is 24.8 Å². The van der Waals surface area contributed by atoms with E-state index < -0.39 is 0 Å². The smallest absolute Gasteiger partial charge is 0.272 e. The Morgan fingerprint density at radius 2 is 2.04 bits per heavy atom. The van der Waals surface area contributed by atoms with E-state index in [1.54, 1.807) is 0 Å². The van der Waals surface area contributed by atoms with Gasteiger partial charge in [-0.25, -0.2) is 0 Å². The van der Waals surface area contributed by atoms with Gasteiger partial charge in [0.05, 0.1) is 0 Å². The maximum Gasteiger partial charge on any atom is 0.272 e. The molecule has 140 valence electrons. The molecule has 1 unspecified atom stereocenters. The molecule has 0 radical (unpaired) electrons. The number of rotatable bonds is 8. The molecule has 1 aliphatic rings. The number of nitrogens with one attached hydrogen (secondary N) is 3. The fraction of sp³-hybridized carbons (Fsp3) is 0.750. The number of aromatic nitrogens is 2. The first-order valence-electron chi connectivity index (χ1n) is 8.45. The molecule has 0 saturated carbocycles. The highest BCUT2D eigenvalue weighted by molar-refractivity contribution is 5.94. The topological polar surface area (TPSA) is 73.0 Å². The van der Waals surface area contributed by atoms with Gasteiger partial charge in [-0.3, -0.25) is 9.89 Å². The molecule has 8 heteroatoms. The molecule has 1 aromatic rings. The quantitative estimate of drug-likeness (QED) is 0.646. The molecule has 0 aromatic carbocycles. The third-order valence-corrected chi connectivity index (χ3v) is 4.40. The minimum atomic E-state index is -0.0588. The van der Waals surface area contributed by atoms with E-state index in [0.717, 1.165) is 63.2 Å². The van der Waals surface area contributed by atoms with Gasteiger partial charge in [0, 0.05) is 36.8 Å². The van der Waals surface area contributed by atoms with Crippen LogP contribution < -0.4 is 10.6 Å². The lowest BCUT2D eigenvalue weighted by Crippen LogP contribution is -2.35. The van der Waals surface area contributed by atoms with Crippen molar-refractivity contribution in [2.45, 2.75) is 52.6 Å². The molecular weight excluding hydrogens is 349 g/mol. The molecule has 0 fully saturated rings. The molecule has 3 N–H and O–H groups in total. The van der Waals surface area contributed by atoms with Crippen LogP contribution in [0, 0.1) is 0 Å². The molecule has 1 aromatic heterocycles. The zero-order valence-electron chi connectivity index (χ0n) is 14.9. The molecule has 0 bridgehead atoms. The van der Waals surface area contributed by atoms with Crippen molar-refractivity contribution in [3.63, 3.8) is 0 Å². The Bertz CT molecular complexity index is 491. The first-order valence-corrected chi connectivity index (χ1v) is 8.45. The van der Waals surface area contributed by atoms with Crippen LogP contribution in [0.2, 0.25) is 0 Å². The van der Waals surface area contributed by atoms with E-state index in [-0.39, 0.29) is 36.8 Å². The third kappa shape index (κ3) is 6.24. The average Bonchev–Trinajstić information content (AvgIpc) is 2.95. The van der Waals surface area contributed by atoms with Gasteiger partial charge < -0.3 is 15.5 Å². The van der Waals surface area contributed by atoms with E-state index in [2.05, 4.69) is 46.5 Å². The summed E-state index contributed by atoms with van der Waals surface area (Å²) in [5.74, 6) is -0.0588. The summed E-state index contributed by atoms with van der Waals surface area (Å²) in [7, 11) is 0. The molecular formula is C16H31Cl2N5O. The van der Waals surface area contributed by atoms with E-state index in [1.165, 1.54) is 0 Å². The summed E-state index contributed by atoms with van der Waals surface area (Å²) in [6.07, 6.45) is 3.01. The highest BCUT2D eigenvalue weighted by atomic mass is 35.5. The number of aromatic amines is 1. The molecule has 1 amide bonds. The largest absolute Gasteiger partial charge is 0.348 e. The Balaban J connectivity index is 0.00000264. The predicted octanol–water partition coefficient (Wildman–Crippen LogP) is 2.14. The minimum absolute atomic E-state index is 0. The van der Waals surface area contributed by atoms with Gasteiger partial charge in [0.2, 0.25) is 0 Å². The Kier molecular flexibility index (Phi) is 11.3. The van der Waals surface area contributed by atoms with E-state index in [1.807, 2.05) is 0 Å². The van der Waals surface area contributed by atoms with Crippen LogP contribution in [0.5, 0.6) is 0 Å². The van der Waals surface area contributed by atoms with Gasteiger partial charge >= 0.3 is 0 Å². The van der Waals surface area contributed by atoms with Crippen molar-refractivity contribution in [2.75, 3.05) is 26.2 Å².